The zero-order chi connectivity index (χ0) is 16.8. The smallest absolute Gasteiger partial charge is 0.0643 e. The zero-order valence-electron chi connectivity index (χ0n) is 14.9. The Morgan fingerprint density at radius 1 is 0.917 bits per heavy atom. The first-order valence-electron chi connectivity index (χ1n) is 9.67. The first kappa shape index (κ1) is 18.2. The van der Waals surface area contributed by atoms with E-state index in [0.29, 0.717) is 0 Å². The lowest BCUT2D eigenvalue weighted by molar-refractivity contribution is 0.171. The molecule has 0 bridgehead atoms. The molecule has 132 valence electrons. The Bertz CT molecular complexity index is 505. The molecule has 2 aliphatic carbocycles. The monoisotopic (exact) mass is 390 g/mol. The molecule has 0 saturated heterocycles. The molecule has 0 heterocycles. The van der Waals surface area contributed by atoms with Crippen LogP contribution in [0.4, 0.5) is 0 Å². The van der Waals surface area contributed by atoms with E-state index in [-0.39, 0.29) is 0 Å². The number of halogens is 1. The summed E-state index contributed by atoms with van der Waals surface area (Å²) in [6, 6.07) is 9.01. The van der Waals surface area contributed by atoms with Gasteiger partial charge < -0.3 is 4.74 Å². The van der Waals surface area contributed by atoms with Crippen molar-refractivity contribution in [1.29, 1.82) is 0 Å². The van der Waals surface area contributed by atoms with Gasteiger partial charge in [-0.25, -0.2) is 0 Å². The lowest BCUT2D eigenvalue weighted by Crippen LogP contribution is -2.25. The van der Waals surface area contributed by atoms with Gasteiger partial charge >= 0.3 is 0 Å². The van der Waals surface area contributed by atoms with Gasteiger partial charge in [0.2, 0.25) is 0 Å². The minimum atomic E-state index is 0.764. The molecule has 24 heavy (non-hydrogen) atoms. The minimum Gasteiger partial charge on any atom is -0.381 e. The number of benzene rings is 1. The molecule has 0 radical (unpaired) electrons. The van der Waals surface area contributed by atoms with Crippen LogP contribution in [0.25, 0.3) is 0 Å². The Balaban J connectivity index is 1.43. The van der Waals surface area contributed by atoms with Gasteiger partial charge in [0.15, 0.2) is 0 Å². The summed E-state index contributed by atoms with van der Waals surface area (Å²) in [5.74, 6) is 3.57. The summed E-state index contributed by atoms with van der Waals surface area (Å²) in [4.78, 5) is 0. The van der Waals surface area contributed by atoms with Crippen LogP contribution in [0.5, 0.6) is 0 Å². The molecule has 2 fully saturated rings. The maximum Gasteiger partial charge on any atom is 0.0643 e. The van der Waals surface area contributed by atoms with Gasteiger partial charge in [0, 0.05) is 11.6 Å². The van der Waals surface area contributed by atoms with E-state index in [1.807, 2.05) is 0 Å². The second kappa shape index (κ2) is 9.20. The van der Waals surface area contributed by atoms with Crippen molar-refractivity contribution in [3.8, 4) is 0 Å². The molecule has 2 saturated carbocycles. The molecule has 0 atom stereocenters. The maximum absolute atomic E-state index is 5.11. The second-order valence-electron chi connectivity index (χ2n) is 7.72. The third-order valence-electron chi connectivity index (χ3n) is 6.27. The van der Waals surface area contributed by atoms with E-state index in [4.69, 9.17) is 4.74 Å². The van der Waals surface area contributed by atoms with Gasteiger partial charge in [0.05, 0.1) is 6.61 Å². The van der Waals surface area contributed by atoms with Gasteiger partial charge in [0.1, 0.15) is 0 Å². The highest BCUT2D eigenvalue weighted by Crippen LogP contribution is 2.44. The molecule has 0 unspecified atom stereocenters. The van der Waals surface area contributed by atoms with Crippen molar-refractivity contribution < 1.29 is 4.74 Å². The standard InChI is InChI=1S/C22H31BrO/c1-24-16-2-3-17-4-6-18(7-5-17)19-8-10-20(11-9-19)21-12-14-22(23)15-13-21/h2-3,12-15,17-20H,4-11,16H2,1H3. The first-order chi connectivity index (χ1) is 11.8. The average Bonchev–Trinajstić information content (AvgIpc) is 2.63. The van der Waals surface area contributed by atoms with Crippen molar-refractivity contribution in [3.05, 3.63) is 46.5 Å². The highest BCUT2D eigenvalue weighted by molar-refractivity contribution is 9.10. The normalized spacial score (nSPS) is 31.4. The van der Waals surface area contributed by atoms with Crippen molar-refractivity contribution in [2.45, 2.75) is 57.3 Å². The summed E-state index contributed by atoms with van der Waals surface area (Å²) >= 11 is 3.54. The third-order valence-corrected chi connectivity index (χ3v) is 6.80. The van der Waals surface area contributed by atoms with E-state index >= 15 is 0 Å². The number of methoxy groups -OCH3 is 1. The number of rotatable bonds is 5. The van der Waals surface area contributed by atoms with Crippen LogP contribution in [0.2, 0.25) is 0 Å². The fourth-order valence-corrected chi connectivity index (χ4v) is 5.08. The van der Waals surface area contributed by atoms with Crippen LogP contribution in [0.1, 0.15) is 62.8 Å². The van der Waals surface area contributed by atoms with Crippen LogP contribution in [-0.2, 0) is 4.74 Å². The molecule has 0 aromatic heterocycles. The van der Waals surface area contributed by atoms with E-state index in [1.165, 1.54) is 55.8 Å². The predicted molar refractivity (Wildman–Crippen MR) is 105 cm³/mol. The van der Waals surface area contributed by atoms with E-state index < -0.39 is 0 Å². The Labute approximate surface area is 156 Å². The van der Waals surface area contributed by atoms with E-state index in [2.05, 4.69) is 52.3 Å². The molecule has 1 aromatic carbocycles. The van der Waals surface area contributed by atoms with Gasteiger partial charge in [-0.1, -0.05) is 40.2 Å². The number of hydrogen-bond donors (Lipinski definition) is 0. The summed E-state index contributed by atoms with van der Waals surface area (Å²) in [6.07, 6.45) is 15.9. The van der Waals surface area contributed by atoms with Crippen LogP contribution in [-0.4, -0.2) is 13.7 Å². The number of ether oxygens (including phenoxy) is 1. The highest BCUT2D eigenvalue weighted by Gasteiger charge is 2.30. The Morgan fingerprint density at radius 2 is 1.50 bits per heavy atom. The summed E-state index contributed by atoms with van der Waals surface area (Å²) < 4.78 is 6.30. The zero-order valence-corrected chi connectivity index (χ0v) is 16.5. The van der Waals surface area contributed by atoms with Gasteiger partial charge in [-0.2, -0.15) is 0 Å². The molecular formula is C22H31BrO. The van der Waals surface area contributed by atoms with Gasteiger partial charge in [-0.05, 0) is 92.7 Å². The molecule has 0 aliphatic heterocycles. The topological polar surface area (TPSA) is 9.23 Å². The van der Waals surface area contributed by atoms with Crippen LogP contribution in [0.15, 0.2) is 40.9 Å². The van der Waals surface area contributed by atoms with E-state index in [1.54, 1.807) is 12.7 Å². The molecule has 0 amide bonds. The lowest BCUT2D eigenvalue weighted by Gasteiger charge is -2.37. The van der Waals surface area contributed by atoms with E-state index in [0.717, 1.165) is 30.3 Å². The van der Waals surface area contributed by atoms with Crippen molar-refractivity contribution in [2.24, 2.45) is 17.8 Å². The van der Waals surface area contributed by atoms with E-state index in [9.17, 15) is 0 Å². The highest BCUT2D eigenvalue weighted by atomic mass is 79.9. The molecule has 1 nitrogen and oxygen atoms in total. The second-order valence-corrected chi connectivity index (χ2v) is 8.64. The van der Waals surface area contributed by atoms with Crippen LogP contribution in [0.3, 0.4) is 0 Å². The lowest BCUT2D eigenvalue weighted by atomic mass is 9.68. The number of allylic oxidation sites excluding steroid dienone is 1. The maximum atomic E-state index is 5.11. The average molecular weight is 391 g/mol. The first-order valence-corrected chi connectivity index (χ1v) is 10.5. The summed E-state index contributed by atoms with van der Waals surface area (Å²) in [7, 11) is 1.77. The fourth-order valence-electron chi connectivity index (χ4n) is 4.81. The predicted octanol–water partition coefficient (Wildman–Crippen LogP) is 6.73. The molecule has 0 N–H and O–H groups in total. The van der Waals surface area contributed by atoms with Gasteiger partial charge in [-0.15, -0.1) is 0 Å². The largest absolute Gasteiger partial charge is 0.381 e. The Morgan fingerprint density at radius 3 is 2.08 bits per heavy atom. The fraction of sp³-hybridized carbons (Fsp3) is 0.636. The molecule has 0 spiro atoms. The molecule has 1 aromatic rings. The van der Waals surface area contributed by atoms with Crippen molar-refractivity contribution in [1.82, 2.24) is 0 Å². The van der Waals surface area contributed by atoms with Gasteiger partial charge in [0.25, 0.3) is 0 Å². The Hall–Kier alpha value is -0.600. The summed E-state index contributed by atoms with van der Waals surface area (Å²) in [5, 5.41) is 0. The van der Waals surface area contributed by atoms with Crippen LogP contribution in [0, 0.1) is 17.8 Å². The molecule has 3 rings (SSSR count). The summed E-state index contributed by atoms with van der Waals surface area (Å²) in [6.45, 7) is 0.764. The summed E-state index contributed by atoms with van der Waals surface area (Å²) in [5.41, 5.74) is 1.55. The van der Waals surface area contributed by atoms with Crippen molar-refractivity contribution in [3.63, 3.8) is 0 Å². The van der Waals surface area contributed by atoms with Crippen molar-refractivity contribution >= 4 is 15.9 Å². The molecular weight excluding hydrogens is 360 g/mol. The van der Waals surface area contributed by atoms with Crippen LogP contribution >= 0.6 is 15.9 Å². The molecule has 2 aliphatic rings. The van der Waals surface area contributed by atoms with Crippen molar-refractivity contribution in [2.75, 3.05) is 13.7 Å². The number of hydrogen-bond acceptors (Lipinski definition) is 1. The minimum absolute atomic E-state index is 0.764. The molecule has 2 heteroatoms. The quantitative estimate of drug-likeness (QED) is 0.506. The third kappa shape index (κ3) is 4.95. The van der Waals surface area contributed by atoms with Gasteiger partial charge in [-0.3, -0.25) is 0 Å². The van der Waals surface area contributed by atoms with Crippen LogP contribution < -0.4 is 0 Å². The Kier molecular flexibility index (Phi) is 6.97. The SMILES string of the molecule is COCC=CC1CCC(C2CCC(c3ccc(Br)cc3)CC2)CC1.